The third kappa shape index (κ3) is 3.18. The average Bonchev–Trinajstić information content (AvgIpc) is 1.60. The Bertz CT molecular complexity index is 97.4. The normalized spacial score (nSPS) is 15.9. The Hall–Kier alpha value is -0.0800. The first-order chi connectivity index (χ1) is 4.36. The smallest absolute Gasteiger partial charge is 0.102 e. The van der Waals surface area contributed by atoms with Crippen molar-refractivity contribution >= 4 is 0 Å². The summed E-state index contributed by atoms with van der Waals surface area (Å²) in [5, 5.41) is 8.91. The van der Waals surface area contributed by atoms with Gasteiger partial charge in [-0.05, 0) is 17.8 Å². The number of aliphatic hydroxyl groups is 1. The van der Waals surface area contributed by atoms with E-state index in [2.05, 4.69) is 27.7 Å². The zero-order chi connectivity index (χ0) is 8.36. The molecule has 3 N–H and O–H groups in total. The second kappa shape index (κ2) is 3.35. The Morgan fingerprint density at radius 2 is 1.80 bits per heavy atom. The molecule has 62 valence electrons. The Morgan fingerprint density at radius 1 is 1.40 bits per heavy atom. The Kier molecular flexibility index (Phi) is 3.33. The highest BCUT2D eigenvalue weighted by atomic mass is 16.3. The van der Waals surface area contributed by atoms with Gasteiger partial charge in [0.1, 0.15) is 6.23 Å². The molecule has 0 radical (unpaired) electrons. The second-order valence-electron chi connectivity index (χ2n) is 3.91. The van der Waals surface area contributed by atoms with Crippen molar-refractivity contribution in [3.8, 4) is 0 Å². The highest BCUT2D eigenvalue weighted by Crippen LogP contribution is 2.30. The predicted molar refractivity (Wildman–Crippen MR) is 43.4 cm³/mol. The van der Waals surface area contributed by atoms with E-state index >= 15 is 0 Å². The van der Waals surface area contributed by atoms with Gasteiger partial charge in [-0.2, -0.15) is 0 Å². The largest absolute Gasteiger partial charge is 0.379 e. The van der Waals surface area contributed by atoms with Crippen LogP contribution in [0.3, 0.4) is 0 Å². The maximum atomic E-state index is 8.91. The molecule has 0 saturated carbocycles. The van der Waals surface area contributed by atoms with E-state index in [-0.39, 0.29) is 5.41 Å². The summed E-state index contributed by atoms with van der Waals surface area (Å²) < 4.78 is 0. The zero-order valence-electron chi connectivity index (χ0n) is 7.39. The maximum absolute atomic E-state index is 8.91. The van der Waals surface area contributed by atoms with E-state index < -0.39 is 6.23 Å². The Morgan fingerprint density at radius 3 is 1.90 bits per heavy atom. The van der Waals surface area contributed by atoms with Crippen LogP contribution in [0.5, 0.6) is 0 Å². The summed E-state index contributed by atoms with van der Waals surface area (Å²) in [6.45, 7) is 8.52. The molecule has 2 nitrogen and oxygen atoms in total. The van der Waals surface area contributed by atoms with Crippen molar-refractivity contribution in [3.63, 3.8) is 0 Å². The first-order valence-corrected chi connectivity index (χ1v) is 3.80. The van der Waals surface area contributed by atoms with Crippen LogP contribution in [-0.2, 0) is 0 Å². The third-order valence-corrected chi connectivity index (χ3v) is 2.30. The molecule has 0 bridgehead atoms. The van der Waals surface area contributed by atoms with E-state index in [4.69, 9.17) is 10.8 Å². The zero-order valence-corrected chi connectivity index (χ0v) is 7.39. The van der Waals surface area contributed by atoms with Crippen LogP contribution in [0, 0.1) is 11.3 Å². The molecule has 0 aromatic heterocycles. The summed E-state index contributed by atoms with van der Waals surface area (Å²) in [7, 11) is 0. The van der Waals surface area contributed by atoms with Crippen LogP contribution < -0.4 is 5.73 Å². The van der Waals surface area contributed by atoms with Crippen molar-refractivity contribution < 1.29 is 5.11 Å². The summed E-state index contributed by atoms with van der Waals surface area (Å²) in [5.74, 6) is 0.561. The number of hydrogen-bond acceptors (Lipinski definition) is 2. The maximum Gasteiger partial charge on any atom is 0.102 e. The van der Waals surface area contributed by atoms with Crippen LogP contribution in [0.2, 0.25) is 0 Å². The molecule has 0 aliphatic carbocycles. The quantitative estimate of drug-likeness (QED) is 0.589. The van der Waals surface area contributed by atoms with Crippen molar-refractivity contribution in [1.82, 2.24) is 0 Å². The summed E-state index contributed by atoms with van der Waals surface area (Å²) in [4.78, 5) is 0. The minimum atomic E-state index is -0.669. The monoisotopic (exact) mass is 145 g/mol. The van der Waals surface area contributed by atoms with Crippen LogP contribution in [-0.4, -0.2) is 11.3 Å². The van der Waals surface area contributed by atoms with Crippen molar-refractivity contribution in [2.24, 2.45) is 17.1 Å². The molecule has 2 heteroatoms. The van der Waals surface area contributed by atoms with E-state index in [9.17, 15) is 0 Å². The highest BCUT2D eigenvalue weighted by molar-refractivity contribution is 4.73. The summed E-state index contributed by atoms with van der Waals surface area (Å²) >= 11 is 0. The van der Waals surface area contributed by atoms with E-state index in [1.165, 1.54) is 0 Å². The second-order valence-corrected chi connectivity index (χ2v) is 3.91. The topological polar surface area (TPSA) is 46.2 Å². The van der Waals surface area contributed by atoms with Crippen molar-refractivity contribution in [2.75, 3.05) is 0 Å². The predicted octanol–water partition coefficient (Wildman–Crippen LogP) is 1.34. The van der Waals surface area contributed by atoms with Gasteiger partial charge in [0.05, 0.1) is 0 Å². The van der Waals surface area contributed by atoms with Gasteiger partial charge in [-0.1, -0.05) is 27.7 Å². The molecule has 0 aliphatic heterocycles. The van der Waals surface area contributed by atoms with Crippen molar-refractivity contribution in [3.05, 3.63) is 0 Å². The Balaban J connectivity index is 3.87. The van der Waals surface area contributed by atoms with Gasteiger partial charge in [-0.25, -0.2) is 0 Å². The first-order valence-electron chi connectivity index (χ1n) is 3.80. The number of hydrogen-bond donors (Lipinski definition) is 2. The van der Waals surface area contributed by atoms with Crippen LogP contribution in [0.4, 0.5) is 0 Å². The molecule has 0 fully saturated rings. The molecule has 1 atom stereocenters. The van der Waals surface area contributed by atoms with Gasteiger partial charge >= 0.3 is 0 Å². The molecule has 0 aromatic carbocycles. The SMILES string of the molecule is CC(C)C(C)(C)CC(N)O. The van der Waals surface area contributed by atoms with Crippen LogP contribution >= 0.6 is 0 Å². The highest BCUT2D eigenvalue weighted by Gasteiger charge is 2.23. The van der Waals surface area contributed by atoms with Crippen molar-refractivity contribution in [2.45, 2.75) is 40.3 Å². The van der Waals surface area contributed by atoms with E-state index in [1.807, 2.05) is 0 Å². The molecule has 0 aromatic rings. The molecule has 10 heavy (non-hydrogen) atoms. The summed E-state index contributed by atoms with van der Waals surface area (Å²) in [6.07, 6.45) is 0.00222. The number of aliphatic hydroxyl groups excluding tert-OH is 1. The lowest BCUT2D eigenvalue weighted by Crippen LogP contribution is -2.30. The molecular weight excluding hydrogens is 126 g/mol. The molecule has 0 spiro atoms. The molecule has 0 aliphatic rings. The summed E-state index contributed by atoms with van der Waals surface area (Å²) in [5.41, 5.74) is 5.42. The molecule has 0 heterocycles. The fourth-order valence-electron chi connectivity index (χ4n) is 0.775. The molecule has 0 amide bonds. The fourth-order valence-corrected chi connectivity index (χ4v) is 0.775. The van der Waals surface area contributed by atoms with Gasteiger partial charge in [0.15, 0.2) is 0 Å². The number of rotatable bonds is 3. The van der Waals surface area contributed by atoms with Gasteiger partial charge in [-0.15, -0.1) is 0 Å². The van der Waals surface area contributed by atoms with Gasteiger partial charge in [0, 0.05) is 0 Å². The molecular formula is C8H19NO. The van der Waals surface area contributed by atoms with Crippen LogP contribution in [0.1, 0.15) is 34.1 Å². The standard InChI is InChI=1S/C8H19NO/c1-6(2)8(3,4)5-7(9)10/h6-7,10H,5,9H2,1-4H3. The third-order valence-electron chi connectivity index (χ3n) is 2.30. The molecule has 1 unspecified atom stereocenters. The minimum absolute atomic E-state index is 0.147. The van der Waals surface area contributed by atoms with Gasteiger partial charge < -0.3 is 10.8 Å². The van der Waals surface area contributed by atoms with Gasteiger partial charge in [0.2, 0.25) is 0 Å². The lowest BCUT2D eigenvalue weighted by atomic mass is 9.78. The average molecular weight is 145 g/mol. The lowest BCUT2D eigenvalue weighted by molar-refractivity contribution is 0.0936. The van der Waals surface area contributed by atoms with Gasteiger partial charge in [0.25, 0.3) is 0 Å². The van der Waals surface area contributed by atoms with Crippen molar-refractivity contribution in [1.29, 1.82) is 0 Å². The first kappa shape index (κ1) is 9.92. The van der Waals surface area contributed by atoms with E-state index in [0.717, 1.165) is 0 Å². The lowest BCUT2D eigenvalue weighted by Gasteiger charge is -2.30. The van der Waals surface area contributed by atoms with E-state index in [1.54, 1.807) is 0 Å². The summed E-state index contributed by atoms with van der Waals surface area (Å²) in [6, 6.07) is 0. The molecule has 0 rings (SSSR count). The number of nitrogens with two attached hydrogens (primary N) is 1. The van der Waals surface area contributed by atoms with Crippen LogP contribution in [0.25, 0.3) is 0 Å². The Labute approximate surface area is 63.4 Å². The molecule has 0 saturated heterocycles. The fraction of sp³-hybridized carbons (Fsp3) is 1.00. The van der Waals surface area contributed by atoms with E-state index in [0.29, 0.717) is 12.3 Å². The van der Waals surface area contributed by atoms with Crippen LogP contribution in [0.15, 0.2) is 0 Å². The van der Waals surface area contributed by atoms with Gasteiger partial charge in [-0.3, -0.25) is 0 Å². The minimum Gasteiger partial charge on any atom is -0.379 e.